The van der Waals surface area contributed by atoms with E-state index in [1.165, 1.54) is 6.07 Å². The summed E-state index contributed by atoms with van der Waals surface area (Å²) in [5.41, 5.74) is -1.51. The Morgan fingerprint density at radius 1 is 1.25 bits per heavy atom. The minimum Gasteiger partial charge on any atom is -1.00 e. The van der Waals surface area contributed by atoms with Crippen LogP contribution in [-0.4, -0.2) is 31.1 Å². The topological polar surface area (TPSA) is 58.4 Å². The predicted octanol–water partition coefficient (Wildman–Crippen LogP) is -0.973. The van der Waals surface area contributed by atoms with Gasteiger partial charge in [0.25, 0.3) is 5.69 Å². The minimum absolute atomic E-state index is 0. The molecule has 0 amide bonds. The highest BCUT2D eigenvalue weighted by atomic mass is 35.5. The molecule has 1 fully saturated rings. The van der Waals surface area contributed by atoms with Gasteiger partial charge in [-0.3, -0.25) is 10.1 Å². The number of hydrogen-bond donors (Lipinski definition) is 1. The Balaban J connectivity index is 0.00000200. The third kappa shape index (κ3) is 3.51. The van der Waals surface area contributed by atoms with E-state index >= 15 is 0 Å². The van der Waals surface area contributed by atoms with Crippen LogP contribution in [0.5, 0.6) is 0 Å². The molecule has 112 valence electrons. The van der Waals surface area contributed by atoms with Crippen molar-refractivity contribution in [3.8, 4) is 0 Å². The van der Waals surface area contributed by atoms with E-state index in [1.54, 1.807) is 4.90 Å². The van der Waals surface area contributed by atoms with Crippen LogP contribution in [0.15, 0.2) is 18.2 Å². The van der Waals surface area contributed by atoms with Crippen molar-refractivity contribution in [3.63, 3.8) is 0 Å². The molecule has 1 aliphatic heterocycles. The second-order valence-electron chi connectivity index (χ2n) is 4.19. The van der Waals surface area contributed by atoms with Crippen molar-refractivity contribution in [2.75, 3.05) is 31.1 Å². The Labute approximate surface area is 119 Å². The van der Waals surface area contributed by atoms with Gasteiger partial charge in [0, 0.05) is 44.0 Å². The van der Waals surface area contributed by atoms with Crippen LogP contribution in [0.2, 0.25) is 0 Å². The Morgan fingerprint density at radius 2 is 1.85 bits per heavy atom. The minimum atomic E-state index is -4.60. The van der Waals surface area contributed by atoms with Gasteiger partial charge in [0.2, 0.25) is 0 Å². The summed E-state index contributed by atoms with van der Waals surface area (Å²) in [7, 11) is 0. The molecule has 0 radical (unpaired) electrons. The summed E-state index contributed by atoms with van der Waals surface area (Å²) in [6.07, 6.45) is -4.60. The predicted molar refractivity (Wildman–Crippen MR) is 63.2 cm³/mol. The van der Waals surface area contributed by atoms with E-state index in [0.717, 1.165) is 6.07 Å². The number of nitro groups is 1. The van der Waals surface area contributed by atoms with Gasteiger partial charge >= 0.3 is 6.18 Å². The molecule has 1 heterocycles. The van der Waals surface area contributed by atoms with E-state index < -0.39 is 22.4 Å². The van der Waals surface area contributed by atoms with Crippen LogP contribution < -0.4 is 22.6 Å². The highest BCUT2D eigenvalue weighted by Crippen LogP contribution is 2.38. The summed E-state index contributed by atoms with van der Waals surface area (Å²) < 4.78 is 38.9. The molecule has 1 N–H and O–H groups in total. The summed E-state index contributed by atoms with van der Waals surface area (Å²) in [6, 6.07) is 2.87. The number of hydrogen-bond acceptors (Lipinski definition) is 4. The molecule has 0 atom stereocenters. The average Bonchev–Trinajstić information content (AvgIpc) is 2.38. The summed E-state index contributed by atoms with van der Waals surface area (Å²) in [4.78, 5) is 11.3. The van der Waals surface area contributed by atoms with Crippen LogP contribution >= 0.6 is 0 Å². The first-order valence-electron chi connectivity index (χ1n) is 5.71. The van der Waals surface area contributed by atoms with Crippen LogP contribution in [0.4, 0.5) is 24.5 Å². The fourth-order valence-corrected chi connectivity index (χ4v) is 2.05. The van der Waals surface area contributed by atoms with Crippen molar-refractivity contribution in [1.82, 2.24) is 5.32 Å². The number of piperazine rings is 1. The zero-order chi connectivity index (χ0) is 14.0. The maximum Gasteiger partial charge on any atom is 0.418 e. The molecule has 1 aliphatic rings. The summed E-state index contributed by atoms with van der Waals surface area (Å²) >= 11 is 0. The molecule has 9 heteroatoms. The van der Waals surface area contributed by atoms with Crippen molar-refractivity contribution in [2.45, 2.75) is 6.18 Å². The number of nitrogens with zero attached hydrogens (tertiary/aromatic N) is 2. The van der Waals surface area contributed by atoms with E-state index in [-0.39, 0.29) is 18.1 Å². The molecule has 0 aromatic heterocycles. The number of benzene rings is 1. The van der Waals surface area contributed by atoms with Crippen molar-refractivity contribution < 1.29 is 30.5 Å². The summed E-state index contributed by atoms with van der Waals surface area (Å²) in [5.74, 6) is 0. The average molecular weight is 311 g/mol. The number of alkyl halides is 3. The first-order chi connectivity index (χ1) is 8.89. The quantitative estimate of drug-likeness (QED) is 0.564. The molecular weight excluding hydrogens is 299 g/mol. The zero-order valence-corrected chi connectivity index (χ0v) is 11.0. The Kier molecular flexibility index (Phi) is 5.18. The number of nitro benzene ring substituents is 1. The number of anilines is 1. The standard InChI is InChI=1S/C11H12F3N3O2.ClH/c12-11(13,14)9-7-8(17(18)19)1-2-10(9)16-5-3-15-4-6-16;/h1-2,7,15H,3-6H2;1H/p-1. The van der Waals surface area contributed by atoms with Gasteiger partial charge < -0.3 is 22.6 Å². The van der Waals surface area contributed by atoms with E-state index in [4.69, 9.17) is 0 Å². The van der Waals surface area contributed by atoms with Crippen LogP contribution in [0, 0.1) is 10.1 Å². The number of nitrogens with one attached hydrogen (secondary N) is 1. The van der Waals surface area contributed by atoms with Gasteiger partial charge in [0.1, 0.15) is 0 Å². The highest BCUT2D eigenvalue weighted by molar-refractivity contribution is 5.59. The smallest absolute Gasteiger partial charge is 0.418 e. The lowest BCUT2D eigenvalue weighted by Gasteiger charge is -2.31. The third-order valence-electron chi connectivity index (χ3n) is 2.95. The second kappa shape index (κ2) is 6.27. The van der Waals surface area contributed by atoms with Crippen LogP contribution in [0.25, 0.3) is 0 Å². The van der Waals surface area contributed by atoms with E-state index in [1.807, 2.05) is 0 Å². The zero-order valence-electron chi connectivity index (χ0n) is 10.3. The van der Waals surface area contributed by atoms with Crippen molar-refractivity contribution >= 4 is 11.4 Å². The lowest BCUT2D eigenvalue weighted by Crippen LogP contribution is -3.00. The Hall–Kier alpha value is -1.54. The molecule has 0 bridgehead atoms. The van der Waals surface area contributed by atoms with Crippen LogP contribution in [0.1, 0.15) is 5.56 Å². The molecule has 20 heavy (non-hydrogen) atoms. The molecule has 0 unspecified atom stereocenters. The van der Waals surface area contributed by atoms with Gasteiger partial charge in [-0.1, -0.05) is 0 Å². The summed E-state index contributed by atoms with van der Waals surface area (Å²) in [5, 5.41) is 13.6. The van der Waals surface area contributed by atoms with Gasteiger partial charge in [-0.15, -0.1) is 0 Å². The maximum atomic E-state index is 13.0. The number of non-ortho nitro benzene ring substituents is 1. The fourth-order valence-electron chi connectivity index (χ4n) is 2.05. The first-order valence-corrected chi connectivity index (χ1v) is 5.71. The van der Waals surface area contributed by atoms with Gasteiger partial charge in [-0.2, -0.15) is 13.2 Å². The Bertz CT molecular complexity index is 490. The van der Waals surface area contributed by atoms with Crippen LogP contribution in [-0.2, 0) is 6.18 Å². The van der Waals surface area contributed by atoms with Gasteiger partial charge in [0.05, 0.1) is 10.5 Å². The number of rotatable bonds is 2. The van der Waals surface area contributed by atoms with Crippen molar-refractivity contribution in [3.05, 3.63) is 33.9 Å². The molecule has 1 aromatic rings. The molecule has 5 nitrogen and oxygen atoms in total. The molecule has 0 saturated carbocycles. The lowest BCUT2D eigenvalue weighted by molar-refractivity contribution is -0.385. The number of halogens is 4. The third-order valence-corrected chi connectivity index (χ3v) is 2.95. The summed E-state index contributed by atoms with van der Waals surface area (Å²) in [6.45, 7) is 2.07. The normalized spacial score (nSPS) is 15.7. The highest BCUT2D eigenvalue weighted by Gasteiger charge is 2.36. The lowest BCUT2D eigenvalue weighted by atomic mass is 10.1. The van der Waals surface area contributed by atoms with Crippen molar-refractivity contribution in [1.29, 1.82) is 0 Å². The van der Waals surface area contributed by atoms with E-state index in [9.17, 15) is 23.3 Å². The molecule has 0 spiro atoms. The van der Waals surface area contributed by atoms with Crippen molar-refractivity contribution in [2.24, 2.45) is 0 Å². The second-order valence-corrected chi connectivity index (χ2v) is 4.19. The molecular formula is C11H12ClF3N3O2-. The van der Waals surface area contributed by atoms with E-state index in [0.29, 0.717) is 32.2 Å². The molecule has 2 rings (SSSR count). The van der Waals surface area contributed by atoms with Gasteiger partial charge in [0.15, 0.2) is 0 Å². The van der Waals surface area contributed by atoms with E-state index in [2.05, 4.69) is 5.32 Å². The molecule has 1 aromatic carbocycles. The van der Waals surface area contributed by atoms with Crippen LogP contribution in [0.3, 0.4) is 0 Å². The Morgan fingerprint density at radius 3 is 2.35 bits per heavy atom. The van der Waals surface area contributed by atoms with Gasteiger partial charge in [-0.05, 0) is 6.07 Å². The molecule has 1 saturated heterocycles. The molecule has 0 aliphatic carbocycles. The first kappa shape index (κ1) is 16.5. The fraction of sp³-hybridized carbons (Fsp3) is 0.455. The SMILES string of the molecule is O=[N+]([O-])c1ccc(N2CCNCC2)c(C(F)(F)F)c1.[Cl-]. The maximum absolute atomic E-state index is 13.0. The largest absolute Gasteiger partial charge is 1.00 e. The van der Waals surface area contributed by atoms with Gasteiger partial charge in [-0.25, -0.2) is 0 Å². The monoisotopic (exact) mass is 310 g/mol.